The third-order valence-corrected chi connectivity index (χ3v) is 5.09. The second-order valence-corrected chi connectivity index (χ2v) is 7.04. The van der Waals surface area contributed by atoms with Gasteiger partial charge < -0.3 is 15.8 Å². The number of nitrogens with one attached hydrogen (secondary N) is 1. The summed E-state index contributed by atoms with van der Waals surface area (Å²) in [5, 5.41) is 8.99. The van der Waals surface area contributed by atoms with Crippen LogP contribution in [0.2, 0.25) is 5.02 Å². The van der Waals surface area contributed by atoms with Gasteiger partial charge in [-0.1, -0.05) is 35.9 Å². The summed E-state index contributed by atoms with van der Waals surface area (Å²) in [6.07, 6.45) is 2.01. The van der Waals surface area contributed by atoms with Crippen molar-refractivity contribution in [2.75, 3.05) is 0 Å². The molecule has 1 saturated carbocycles. The largest absolute Gasteiger partial charge is 0.457 e. The van der Waals surface area contributed by atoms with Crippen LogP contribution in [-0.4, -0.2) is 5.91 Å². The molecule has 0 spiro atoms. The number of allylic oxidation sites excluding steroid dienone is 1. The molecule has 1 aliphatic carbocycles. The minimum Gasteiger partial charge on any atom is -0.457 e. The van der Waals surface area contributed by atoms with E-state index < -0.39 is 0 Å². The first kappa shape index (κ1) is 18.6. The molecule has 5 nitrogen and oxygen atoms in total. The first-order valence-corrected chi connectivity index (χ1v) is 9.50. The van der Waals surface area contributed by atoms with Crippen LogP contribution < -0.4 is 20.9 Å². The van der Waals surface area contributed by atoms with Crippen LogP contribution in [0.25, 0.3) is 0 Å². The summed E-state index contributed by atoms with van der Waals surface area (Å²) in [4.78, 5) is 12.8. The number of carbonyl (C=O) groups excluding carboxylic acids is 1. The van der Waals surface area contributed by atoms with Gasteiger partial charge in [0.25, 0.3) is 5.91 Å². The molecule has 0 bridgehead atoms. The predicted octanol–water partition coefficient (Wildman–Crippen LogP) is 3.94. The summed E-state index contributed by atoms with van der Waals surface area (Å²) in [5.74, 6) is 1.25. The van der Waals surface area contributed by atoms with E-state index in [-0.39, 0.29) is 18.4 Å². The van der Waals surface area contributed by atoms with E-state index in [2.05, 4.69) is 5.32 Å². The Hall–Kier alpha value is -2.15. The monoisotopic (exact) mass is 389 g/mol. The molecule has 5 N–H and O–H groups in total. The van der Waals surface area contributed by atoms with E-state index in [1.807, 2.05) is 36.4 Å². The van der Waals surface area contributed by atoms with Gasteiger partial charge in [-0.2, -0.15) is 0 Å². The van der Waals surface area contributed by atoms with E-state index in [1.165, 1.54) is 0 Å². The molecule has 0 aliphatic heterocycles. The zero-order valence-corrected chi connectivity index (χ0v) is 15.6. The van der Waals surface area contributed by atoms with E-state index in [4.69, 9.17) is 27.2 Å². The Morgan fingerprint density at radius 2 is 1.92 bits per heavy atom. The number of ether oxygens (including phenoxy) is 1. The van der Waals surface area contributed by atoms with Crippen molar-refractivity contribution < 1.29 is 9.53 Å². The fourth-order valence-corrected chi connectivity index (χ4v) is 3.22. The zero-order valence-electron chi connectivity index (χ0n) is 14.1. The molecule has 1 aliphatic rings. The van der Waals surface area contributed by atoms with Crippen LogP contribution in [0.4, 0.5) is 0 Å². The Labute approximate surface area is 161 Å². The van der Waals surface area contributed by atoms with Crippen molar-refractivity contribution in [1.29, 1.82) is 0 Å². The maximum absolute atomic E-state index is 12.5. The Kier molecular flexibility index (Phi) is 6.08. The highest BCUT2D eigenvalue weighted by Gasteiger charge is 2.29. The topological polar surface area (TPSA) is 90.4 Å². The van der Waals surface area contributed by atoms with Crippen molar-refractivity contribution >= 4 is 29.5 Å². The molecule has 0 aromatic heterocycles. The van der Waals surface area contributed by atoms with E-state index in [9.17, 15) is 4.79 Å². The minimum absolute atomic E-state index is 0.211. The summed E-state index contributed by atoms with van der Waals surface area (Å²) < 4.78 is 5.90. The van der Waals surface area contributed by atoms with Crippen molar-refractivity contribution in [1.82, 2.24) is 5.32 Å². The highest BCUT2D eigenvalue weighted by atomic mass is 35.5. The van der Waals surface area contributed by atoms with Gasteiger partial charge >= 0.3 is 0 Å². The fraction of sp³-hybridized carbons (Fsp3) is 0.211. The molecule has 2 aromatic carbocycles. The molecule has 0 saturated heterocycles. The number of nitrogens with two attached hydrogens (primary N) is 2. The number of hydrogen-bond acceptors (Lipinski definition) is 5. The van der Waals surface area contributed by atoms with Gasteiger partial charge in [-0.05, 0) is 55.0 Å². The smallest absolute Gasteiger partial charge is 0.261 e. The van der Waals surface area contributed by atoms with Crippen molar-refractivity contribution in [2.45, 2.75) is 19.4 Å². The SMILES string of the molecule is NS/C(C(=O)NCc1c(Cl)cccc1Oc1ccccc1)=C(\N)C1CC1. The van der Waals surface area contributed by atoms with E-state index in [0.717, 1.165) is 24.8 Å². The van der Waals surface area contributed by atoms with Crippen molar-refractivity contribution in [3.63, 3.8) is 0 Å². The molecule has 0 unspecified atom stereocenters. The first-order chi connectivity index (χ1) is 12.6. The average molecular weight is 390 g/mol. The summed E-state index contributed by atoms with van der Waals surface area (Å²) >= 11 is 7.20. The number of hydrogen-bond donors (Lipinski definition) is 3. The molecule has 3 rings (SSSR count). The van der Waals surface area contributed by atoms with Crippen molar-refractivity contribution in [3.8, 4) is 11.5 Å². The van der Waals surface area contributed by atoms with Crippen LogP contribution in [0.3, 0.4) is 0 Å². The Balaban J connectivity index is 1.75. The molecule has 2 aromatic rings. The normalized spacial score (nSPS) is 14.5. The lowest BCUT2D eigenvalue weighted by atomic mass is 10.2. The third kappa shape index (κ3) is 4.52. The van der Waals surface area contributed by atoms with Crippen molar-refractivity contribution in [2.24, 2.45) is 16.8 Å². The second kappa shape index (κ2) is 8.49. The number of benzene rings is 2. The number of rotatable bonds is 7. The summed E-state index contributed by atoms with van der Waals surface area (Å²) in [7, 11) is 0. The molecule has 7 heteroatoms. The highest BCUT2D eigenvalue weighted by Crippen LogP contribution is 2.37. The van der Waals surface area contributed by atoms with Gasteiger partial charge in [-0.25, -0.2) is 0 Å². The summed E-state index contributed by atoms with van der Waals surface area (Å²) in [6, 6.07) is 14.8. The van der Waals surface area contributed by atoms with Crippen molar-refractivity contribution in [3.05, 3.63) is 69.7 Å². The van der Waals surface area contributed by atoms with Crippen LogP contribution >= 0.6 is 23.5 Å². The molecule has 1 fully saturated rings. The lowest BCUT2D eigenvalue weighted by molar-refractivity contribution is -0.117. The van der Waals surface area contributed by atoms with Crippen LogP contribution in [0.1, 0.15) is 18.4 Å². The highest BCUT2D eigenvalue weighted by molar-refractivity contribution is 8.01. The molecular weight excluding hydrogens is 370 g/mol. The van der Waals surface area contributed by atoms with E-state index in [1.54, 1.807) is 12.1 Å². The molecular formula is C19H20ClN3O2S. The van der Waals surface area contributed by atoms with Gasteiger partial charge in [0, 0.05) is 22.8 Å². The number of amides is 1. The molecule has 1 amide bonds. The third-order valence-electron chi connectivity index (χ3n) is 4.08. The fourth-order valence-electron chi connectivity index (χ4n) is 2.50. The molecule has 0 radical (unpaired) electrons. The Morgan fingerprint density at radius 3 is 2.58 bits per heavy atom. The van der Waals surface area contributed by atoms with Gasteiger partial charge in [-0.3, -0.25) is 9.93 Å². The van der Waals surface area contributed by atoms with Gasteiger partial charge in [0.1, 0.15) is 16.4 Å². The number of halogens is 1. The van der Waals surface area contributed by atoms with E-state index in [0.29, 0.717) is 32.7 Å². The second-order valence-electron chi connectivity index (χ2n) is 5.99. The van der Waals surface area contributed by atoms with Gasteiger partial charge in [0.2, 0.25) is 0 Å². The Bertz CT molecular complexity index is 823. The predicted molar refractivity (Wildman–Crippen MR) is 106 cm³/mol. The van der Waals surface area contributed by atoms with E-state index >= 15 is 0 Å². The molecule has 136 valence electrons. The molecule has 0 heterocycles. The zero-order chi connectivity index (χ0) is 18.5. The lowest BCUT2D eigenvalue weighted by Crippen LogP contribution is -2.27. The average Bonchev–Trinajstić information content (AvgIpc) is 3.48. The lowest BCUT2D eigenvalue weighted by Gasteiger charge is -2.14. The number of carbonyl (C=O) groups is 1. The molecule has 0 atom stereocenters. The maximum atomic E-state index is 12.5. The Morgan fingerprint density at radius 1 is 1.19 bits per heavy atom. The standard InChI is InChI=1S/C19H20ClN3O2S/c20-15-7-4-8-16(25-13-5-2-1-3-6-13)14(15)11-23-19(24)18(26-22)17(21)12-9-10-12/h1-8,12H,9-11,21-22H2,(H,23,24)/b18-17-. The molecule has 26 heavy (non-hydrogen) atoms. The summed E-state index contributed by atoms with van der Waals surface area (Å²) in [5.41, 5.74) is 7.29. The number of para-hydroxylation sites is 1. The van der Waals surface area contributed by atoms with Gasteiger partial charge in [0.15, 0.2) is 0 Å². The van der Waals surface area contributed by atoms with Crippen LogP contribution in [0.15, 0.2) is 59.1 Å². The van der Waals surface area contributed by atoms with Gasteiger partial charge in [0.05, 0.1) is 0 Å². The van der Waals surface area contributed by atoms with Gasteiger partial charge in [-0.15, -0.1) is 0 Å². The first-order valence-electron chi connectivity index (χ1n) is 8.25. The maximum Gasteiger partial charge on any atom is 0.261 e. The van der Waals surface area contributed by atoms with Crippen LogP contribution in [0.5, 0.6) is 11.5 Å². The van der Waals surface area contributed by atoms with Crippen LogP contribution in [0, 0.1) is 5.92 Å². The quantitative estimate of drug-likeness (QED) is 0.493. The van der Waals surface area contributed by atoms with Crippen LogP contribution in [-0.2, 0) is 11.3 Å². The summed E-state index contributed by atoms with van der Waals surface area (Å²) in [6.45, 7) is 0.211. The minimum atomic E-state index is -0.299.